The number of nitrogens with two attached hydrogens (primary N) is 1. The van der Waals surface area contributed by atoms with Gasteiger partial charge in [0.05, 0.1) is 6.42 Å². The summed E-state index contributed by atoms with van der Waals surface area (Å²) in [5.41, 5.74) is 5.57. The van der Waals surface area contributed by atoms with Crippen molar-refractivity contribution in [1.29, 1.82) is 0 Å². The number of amides is 2. The molecule has 0 unspecified atom stereocenters. The number of rotatable bonds is 4. The summed E-state index contributed by atoms with van der Waals surface area (Å²) in [5.74, 6) is 1.21. The summed E-state index contributed by atoms with van der Waals surface area (Å²) in [5, 5.41) is 8.75. The van der Waals surface area contributed by atoms with E-state index in [0.717, 1.165) is 25.9 Å². The number of likely N-dealkylation sites (tertiary alicyclic amines) is 2. The fraction of sp³-hybridized carbons (Fsp3) is 0.750. The lowest BCUT2D eigenvalue weighted by Gasteiger charge is -2.47. The van der Waals surface area contributed by atoms with Crippen molar-refractivity contribution >= 4 is 28.3 Å². The first-order valence-electron chi connectivity index (χ1n) is 8.59. The third-order valence-corrected chi connectivity index (χ3v) is 5.60. The second kappa shape index (κ2) is 7.04. The molecule has 24 heavy (non-hydrogen) atoms. The third-order valence-electron chi connectivity index (χ3n) is 4.84. The molecular formula is C16H25N5O2S. The number of carbonyl (C=O) groups is 2. The molecule has 2 fully saturated rings. The molecule has 0 aromatic carbocycles. The molecule has 7 nitrogen and oxygen atoms in total. The van der Waals surface area contributed by atoms with Crippen molar-refractivity contribution in [1.82, 2.24) is 20.0 Å². The molecule has 0 aliphatic carbocycles. The van der Waals surface area contributed by atoms with Crippen LogP contribution in [-0.4, -0.2) is 57.5 Å². The Morgan fingerprint density at radius 1 is 1.38 bits per heavy atom. The average Bonchev–Trinajstić information content (AvgIpc) is 2.94. The maximum absolute atomic E-state index is 12.5. The van der Waals surface area contributed by atoms with Crippen molar-refractivity contribution in [2.75, 3.05) is 25.4 Å². The Hall–Kier alpha value is -1.70. The summed E-state index contributed by atoms with van der Waals surface area (Å²) in [7, 11) is 0. The summed E-state index contributed by atoms with van der Waals surface area (Å²) in [6, 6.07) is 0.287. The van der Waals surface area contributed by atoms with Crippen LogP contribution in [0.1, 0.15) is 38.1 Å². The molecular weight excluding hydrogens is 326 g/mol. The van der Waals surface area contributed by atoms with Crippen molar-refractivity contribution in [2.24, 2.45) is 11.8 Å². The maximum atomic E-state index is 12.5. The smallest absolute Gasteiger partial charge is 0.229 e. The van der Waals surface area contributed by atoms with Gasteiger partial charge in [0.1, 0.15) is 5.01 Å². The molecule has 2 N–H and O–H groups in total. The Bertz CT molecular complexity index is 617. The number of hydrogen-bond acceptors (Lipinski definition) is 6. The Morgan fingerprint density at radius 2 is 2.17 bits per heavy atom. The highest BCUT2D eigenvalue weighted by Gasteiger charge is 2.40. The molecule has 8 heteroatoms. The van der Waals surface area contributed by atoms with Crippen molar-refractivity contribution in [3.05, 3.63) is 5.01 Å². The lowest BCUT2D eigenvalue weighted by atomic mass is 9.83. The van der Waals surface area contributed by atoms with E-state index in [1.54, 1.807) is 0 Å². The Balaban J connectivity index is 1.62. The van der Waals surface area contributed by atoms with Gasteiger partial charge in [-0.1, -0.05) is 25.2 Å². The van der Waals surface area contributed by atoms with Gasteiger partial charge < -0.3 is 15.5 Å². The van der Waals surface area contributed by atoms with Gasteiger partial charge in [-0.25, -0.2) is 0 Å². The number of fused-ring (bicyclic) bond motifs is 1. The molecule has 132 valence electrons. The predicted molar refractivity (Wildman–Crippen MR) is 92.3 cm³/mol. The second-order valence-corrected chi connectivity index (χ2v) is 8.24. The van der Waals surface area contributed by atoms with Crippen LogP contribution in [0, 0.1) is 11.8 Å². The van der Waals surface area contributed by atoms with Gasteiger partial charge >= 0.3 is 0 Å². The predicted octanol–water partition coefficient (Wildman–Crippen LogP) is 1.16. The van der Waals surface area contributed by atoms with Gasteiger partial charge in [0.25, 0.3) is 0 Å². The van der Waals surface area contributed by atoms with E-state index in [1.807, 2.05) is 4.90 Å². The number of carbonyl (C=O) groups excluding carboxylic acids is 2. The molecule has 0 spiro atoms. The van der Waals surface area contributed by atoms with Crippen LogP contribution in [0.15, 0.2) is 0 Å². The first kappa shape index (κ1) is 17.1. The molecule has 3 rings (SSSR count). The van der Waals surface area contributed by atoms with Gasteiger partial charge in [-0.05, 0) is 24.7 Å². The second-order valence-electron chi connectivity index (χ2n) is 7.15. The minimum Gasteiger partial charge on any atom is -0.374 e. The Kier molecular flexibility index (Phi) is 5.03. The molecule has 2 aliphatic heterocycles. The summed E-state index contributed by atoms with van der Waals surface area (Å²) in [6.07, 6.45) is 2.62. The molecule has 0 saturated carbocycles. The standard InChI is InChI=1S/C16H25N5O2S/c1-10(2)8-21-12-5-6-20(9-11(12)3-4-14(21)22)15(23)7-13-18-19-16(17)24-13/h10-12H,3-9H2,1-2H3,(H2,17,19)/t11-,12+/m0/s1. The highest BCUT2D eigenvalue weighted by atomic mass is 32.1. The van der Waals surface area contributed by atoms with Gasteiger partial charge in [-0.2, -0.15) is 0 Å². The van der Waals surface area contributed by atoms with Gasteiger partial charge in [0, 0.05) is 32.1 Å². The van der Waals surface area contributed by atoms with E-state index in [-0.39, 0.29) is 24.3 Å². The van der Waals surface area contributed by atoms with E-state index < -0.39 is 0 Å². The highest BCUT2D eigenvalue weighted by molar-refractivity contribution is 7.15. The van der Waals surface area contributed by atoms with E-state index in [1.165, 1.54) is 11.3 Å². The van der Waals surface area contributed by atoms with Gasteiger partial charge in [0.15, 0.2) is 0 Å². The Morgan fingerprint density at radius 3 is 2.83 bits per heavy atom. The van der Waals surface area contributed by atoms with Crippen molar-refractivity contribution in [2.45, 2.75) is 45.6 Å². The molecule has 0 bridgehead atoms. The summed E-state index contributed by atoms with van der Waals surface area (Å²) < 4.78 is 0. The zero-order valence-corrected chi connectivity index (χ0v) is 15.1. The van der Waals surface area contributed by atoms with Crippen LogP contribution in [0.2, 0.25) is 0 Å². The number of anilines is 1. The summed E-state index contributed by atoms with van der Waals surface area (Å²) in [4.78, 5) is 28.8. The topological polar surface area (TPSA) is 92.4 Å². The lowest BCUT2D eigenvalue weighted by Crippen LogP contribution is -2.57. The first-order chi connectivity index (χ1) is 11.4. The van der Waals surface area contributed by atoms with Crippen LogP contribution >= 0.6 is 11.3 Å². The van der Waals surface area contributed by atoms with E-state index in [9.17, 15) is 9.59 Å². The molecule has 2 aliphatic rings. The molecule has 3 heterocycles. The van der Waals surface area contributed by atoms with Crippen molar-refractivity contribution in [3.8, 4) is 0 Å². The van der Waals surface area contributed by atoms with Gasteiger partial charge in [-0.3, -0.25) is 9.59 Å². The molecule has 2 atom stereocenters. The normalized spacial score (nSPS) is 24.4. The minimum absolute atomic E-state index is 0.0805. The molecule has 1 aromatic heterocycles. The fourth-order valence-corrected chi connectivity index (χ4v) is 4.39. The van der Waals surface area contributed by atoms with E-state index in [2.05, 4.69) is 28.9 Å². The maximum Gasteiger partial charge on any atom is 0.229 e. The third kappa shape index (κ3) is 3.68. The number of aromatic nitrogens is 2. The van der Waals surface area contributed by atoms with Crippen LogP contribution < -0.4 is 5.73 Å². The number of hydrogen-bond donors (Lipinski definition) is 1. The molecule has 2 amide bonds. The van der Waals surface area contributed by atoms with Crippen LogP contribution in [-0.2, 0) is 16.0 Å². The van der Waals surface area contributed by atoms with E-state index in [0.29, 0.717) is 34.9 Å². The zero-order chi connectivity index (χ0) is 17.3. The van der Waals surface area contributed by atoms with Crippen LogP contribution in [0.25, 0.3) is 0 Å². The SMILES string of the molecule is CC(C)CN1C(=O)CC[C@H]2CN(C(=O)Cc3nnc(N)s3)CC[C@H]21. The Labute approximate surface area is 146 Å². The van der Waals surface area contributed by atoms with Crippen LogP contribution in [0.5, 0.6) is 0 Å². The summed E-state index contributed by atoms with van der Waals surface area (Å²) in [6.45, 7) is 6.54. The largest absolute Gasteiger partial charge is 0.374 e. The van der Waals surface area contributed by atoms with Crippen LogP contribution in [0.4, 0.5) is 5.13 Å². The fourth-order valence-electron chi connectivity index (χ4n) is 3.79. The van der Waals surface area contributed by atoms with Crippen LogP contribution in [0.3, 0.4) is 0 Å². The first-order valence-corrected chi connectivity index (χ1v) is 9.40. The zero-order valence-electron chi connectivity index (χ0n) is 14.3. The van der Waals surface area contributed by atoms with Gasteiger partial charge in [0.2, 0.25) is 16.9 Å². The minimum atomic E-state index is 0.0805. The monoisotopic (exact) mass is 351 g/mol. The van der Waals surface area contributed by atoms with Gasteiger partial charge in [-0.15, -0.1) is 10.2 Å². The number of nitrogen functional groups attached to an aromatic ring is 1. The quantitative estimate of drug-likeness (QED) is 0.879. The van der Waals surface area contributed by atoms with E-state index >= 15 is 0 Å². The highest BCUT2D eigenvalue weighted by Crippen LogP contribution is 2.32. The molecule has 0 radical (unpaired) electrons. The summed E-state index contributed by atoms with van der Waals surface area (Å²) >= 11 is 1.27. The lowest BCUT2D eigenvalue weighted by molar-refractivity contribution is -0.144. The van der Waals surface area contributed by atoms with E-state index in [4.69, 9.17) is 5.73 Å². The molecule has 2 saturated heterocycles. The number of nitrogens with zero attached hydrogens (tertiary/aromatic N) is 4. The molecule has 1 aromatic rings. The number of piperidine rings is 2. The average molecular weight is 351 g/mol. The van der Waals surface area contributed by atoms with Crippen molar-refractivity contribution in [3.63, 3.8) is 0 Å². The van der Waals surface area contributed by atoms with Crippen molar-refractivity contribution < 1.29 is 9.59 Å².